The maximum Gasteiger partial charge on any atom is 0.143 e. The SMILES string of the molecule is CN(C)CCc1c[nH]c2cncc(O)c12. The molecule has 4 heteroatoms. The van der Waals surface area contributed by atoms with Crippen LogP contribution < -0.4 is 0 Å². The van der Waals surface area contributed by atoms with Crippen LogP contribution in [-0.2, 0) is 6.42 Å². The highest BCUT2D eigenvalue weighted by molar-refractivity contribution is 5.87. The molecule has 2 heterocycles. The van der Waals surface area contributed by atoms with E-state index in [1.54, 1.807) is 6.20 Å². The van der Waals surface area contributed by atoms with Gasteiger partial charge in [-0.05, 0) is 26.1 Å². The second-order valence-electron chi connectivity index (χ2n) is 3.95. The second-order valence-corrected chi connectivity index (χ2v) is 3.95. The topological polar surface area (TPSA) is 52.2 Å². The Bertz CT molecular complexity index is 462. The Morgan fingerprint density at radius 3 is 2.93 bits per heavy atom. The number of hydrogen-bond acceptors (Lipinski definition) is 3. The van der Waals surface area contributed by atoms with Crippen LogP contribution in [0.4, 0.5) is 0 Å². The zero-order valence-electron chi connectivity index (χ0n) is 8.99. The molecule has 2 rings (SSSR count). The van der Waals surface area contributed by atoms with E-state index in [1.807, 2.05) is 20.3 Å². The van der Waals surface area contributed by atoms with Gasteiger partial charge in [0.2, 0.25) is 0 Å². The molecule has 0 amide bonds. The molecule has 0 aliphatic rings. The highest BCUT2D eigenvalue weighted by Crippen LogP contribution is 2.26. The molecule has 2 N–H and O–H groups in total. The number of hydrogen-bond donors (Lipinski definition) is 2. The van der Waals surface area contributed by atoms with Crippen molar-refractivity contribution in [1.29, 1.82) is 0 Å². The number of aromatic nitrogens is 2. The number of aromatic hydroxyl groups is 1. The van der Waals surface area contributed by atoms with Gasteiger partial charge in [-0.15, -0.1) is 0 Å². The number of nitrogens with one attached hydrogen (secondary N) is 1. The molecule has 0 aliphatic heterocycles. The van der Waals surface area contributed by atoms with E-state index in [0.717, 1.165) is 29.4 Å². The molecule has 0 aromatic carbocycles. The molecule has 15 heavy (non-hydrogen) atoms. The lowest BCUT2D eigenvalue weighted by Gasteiger charge is -2.08. The summed E-state index contributed by atoms with van der Waals surface area (Å²) in [6.45, 7) is 0.967. The summed E-state index contributed by atoms with van der Waals surface area (Å²) in [5.74, 6) is 0.252. The number of H-pyrrole nitrogens is 1. The minimum absolute atomic E-state index is 0.252. The van der Waals surface area contributed by atoms with Crippen LogP contribution in [0.2, 0.25) is 0 Å². The van der Waals surface area contributed by atoms with E-state index >= 15 is 0 Å². The van der Waals surface area contributed by atoms with Crippen LogP contribution in [0.15, 0.2) is 18.6 Å². The van der Waals surface area contributed by atoms with Crippen LogP contribution in [0.1, 0.15) is 5.56 Å². The summed E-state index contributed by atoms with van der Waals surface area (Å²) < 4.78 is 0. The minimum atomic E-state index is 0.252. The molecule has 0 saturated heterocycles. The smallest absolute Gasteiger partial charge is 0.143 e. The predicted molar refractivity (Wildman–Crippen MR) is 60.0 cm³/mol. The van der Waals surface area contributed by atoms with E-state index in [1.165, 1.54) is 6.20 Å². The first-order chi connectivity index (χ1) is 7.18. The first-order valence-corrected chi connectivity index (χ1v) is 4.96. The van der Waals surface area contributed by atoms with E-state index in [-0.39, 0.29) is 5.75 Å². The number of fused-ring (bicyclic) bond motifs is 1. The predicted octanol–water partition coefficient (Wildman–Crippen LogP) is 1.37. The quantitative estimate of drug-likeness (QED) is 0.795. The Balaban J connectivity index is 2.35. The number of aromatic amines is 1. The van der Waals surface area contributed by atoms with Crippen LogP contribution >= 0.6 is 0 Å². The third-order valence-electron chi connectivity index (χ3n) is 2.48. The van der Waals surface area contributed by atoms with Crippen LogP contribution in [0.3, 0.4) is 0 Å². The molecule has 80 valence electrons. The summed E-state index contributed by atoms with van der Waals surface area (Å²) in [6, 6.07) is 0. The van der Waals surface area contributed by atoms with E-state index in [9.17, 15) is 5.11 Å². The third-order valence-corrected chi connectivity index (χ3v) is 2.48. The van der Waals surface area contributed by atoms with Crippen molar-refractivity contribution in [3.63, 3.8) is 0 Å². The van der Waals surface area contributed by atoms with Gasteiger partial charge in [-0.25, -0.2) is 0 Å². The first-order valence-electron chi connectivity index (χ1n) is 4.96. The van der Waals surface area contributed by atoms with Crippen molar-refractivity contribution in [1.82, 2.24) is 14.9 Å². The van der Waals surface area contributed by atoms with Crippen molar-refractivity contribution in [3.8, 4) is 5.75 Å². The van der Waals surface area contributed by atoms with Gasteiger partial charge in [-0.3, -0.25) is 4.98 Å². The monoisotopic (exact) mass is 205 g/mol. The van der Waals surface area contributed by atoms with Crippen molar-refractivity contribution >= 4 is 10.9 Å². The molecule has 0 saturated carbocycles. The molecule has 2 aromatic rings. The van der Waals surface area contributed by atoms with E-state index in [0.29, 0.717) is 0 Å². The third kappa shape index (κ3) is 1.94. The Labute approximate surface area is 88.6 Å². The lowest BCUT2D eigenvalue weighted by Crippen LogP contribution is -2.14. The molecular formula is C11H15N3O. The summed E-state index contributed by atoms with van der Waals surface area (Å²) >= 11 is 0. The Morgan fingerprint density at radius 2 is 2.20 bits per heavy atom. The van der Waals surface area contributed by atoms with Crippen LogP contribution in [0, 0.1) is 0 Å². The zero-order chi connectivity index (χ0) is 10.8. The fourth-order valence-corrected chi connectivity index (χ4v) is 1.67. The Kier molecular flexibility index (Phi) is 2.60. The highest BCUT2D eigenvalue weighted by atomic mass is 16.3. The normalized spacial score (nSPS) is 11.4. The van der Waals surface area contributed by atoms with Crippen molar-refractivity contribution in [3.05, 3.63) is 24.2 Å². The van der Waals surface area contributed by atoms with Crippen molar-refractivity contribution in [2.75, 3.05) is 20.6 Å². The van der Waals surface area contributed by atoms with Gasteiger partial charge in [0.1, 0.15) is 5.75 Å². The van der Waals surface area contributed by atoms with Crippen molar-refractivity contribution in [2.24, 2.45) is 0 Å². The average molecular weight is 205 g/mol. The maximum atomic E-state index is 9.71. The van der Waals surface area contributed by atoms with Crippen molar-refractivity contribution < 1.29 is 5.11 Å². The summed E-state index contributed by atoms with van der Waals surface area (Å²) in [6.07, 6.45) is 6.07. The van der Waals surface area contributed by atoms with Gasteiger partial charge in [-0.1, -0.05) is 0 Å². The van der Waals surface area contributed by atoms with Gasteiger partial charge < -0.3 is 15.0 Å². The van der Waals surface area contributed by atoms with E-state index in [2.05, 4.69) is 14.9 Å². The molecule has 0 bridgehead atoms. The number of likely N-dealkylation sites (N-methyl/N-ethyl adjacent to an activating group) is 1. The Morgan fingerprint density at radius 1 is 1.40 bits per heavy atom. The molecule has 0 unspecified atom stereocenters. The molecule has 0 aliphatic carbocycles. The molecule has 4 nitrogen and oxygen atoms in total. The molecular weight excluding hydrogens is 190 g/mol. The summed E-state index contributed by atoms with van der Waals surface area (Å²) in [7, 11) is 4.08. The minimum Gasteiger partial charge on any atom is -0.506 e. The van der Waals surface area contributed by atoms with Gasteiger partial charge in [0, 0.05) is 18.1 Å². The molecule has 0 atom stereocenters. The lowest BCUT2D eigenvalue weighted by atomic mass is 10.1. The van der Waals surface area contributed by atoms with E-state index in [4.69, 9.17) is 0 Å². The summed E-state index contributed by atoms with van der Waals surface area (Å²) in [5.41, 5.74) is 2.03. The van der Waals surface area contributed by atoms with Crippen LogP contribution in [0.25, 0.3) is 10.9 Å². The maximum absolute atomic E-state index is 9.71. The highest BCUT2D eigenvalue weighted by Gasteiger charge is 2.08. The molecule has 2 aromatic heterocycles. The largest absolute Gasteiger partial charge is 0.506 e. The van der Waals surface area contributed by atoms with Gasteiger partial charge in [0.05, 0.1) is 17.9 Å². The van der Waals surface area contributed by atoms with Gasteiger partial charge >= 0.3 is 0 Å². The first kappa shape index (κ1) is 9.98. The average Bonchev–Trinajstić information content (AvgIpc) is 2.59. The number of rotatable bonds is 3. The van der Waals surface area contributed by atoms with Gasteiger partial charge in [-0.2, -0.15) is 0 Å². The number of pyridine rings is 1. The van der Waals surface area contributed by atoms with Gasteiger partial charge in [0.15, 0.2) is 0 Å². The van der Waals surface area contributed by atoms with Gasteiger partial charge in [0.25, 0.3) is 0 Å². The fourth-order valence-electron chi connectivity index (χ4n) is 1.67. The van der Waals surface area contributed by atoms with Crippen molar-refractivity contribution in [2.45, 2.75) is 6.42 Å². The number of nitrogens with zero attached hydrogens (tertiary/aromatic N) is 2. The van der Waals surface area contributed by atoms with Crippen LogP contribution in [0.5, 0.6) is 5.75 Å². The van der Waals surface area contributed by atoms with E-state index < -0.39 is 0 Å². The summed E-state index contributed by atoms with van der Waals surface area (Å²) in [5, 5.41) is 10.6. The molecule has 0 fully saturated rings. The molecule has 0 spiro atoms. The standard InChI is InChI=1S/C11H15N3O/c1-14(2)4-3-8-5-13-9-6-12-7-10(15)11(8)9/h5-7,13,15H,3-4H2,1-2H3. The second kappa shape index (κ2) is 3.90. The Hall–Kier alpha value is -1.55. The zero-order valence-corrected chi connectivity index (χ0v) is 8.99. The lowest BCUT2D eigenvalue weighted by molar-refractivity contribution is 0.414. The molecule has 0 radical (unpaired) electrons. The summed E-state index contributed by atoms with van der Waals surface area (Å²) in [4.78, 5) is 9.16. The fraction of sp³-hybridized carbons (Fsp3) is 0.364. The van der Waals surface area contributed by atoms with Crippen LogP contribution in [-0.4, -0.2) is 40.6 Å².